The van der Waals surface area contributed by atoms with Gasteiger partial charge in [-0.3, -0.25) is 4.89 Å². The van der Waals surface area contributed by atoms with Gasteiger partial charge in [-0.2, -0.15) is 8.78 Å². The van der Waals surface area contributed by atoms with Crippen molar-refractivity contribution in [3.8, 4) is 0 Å². The summed E-state index contributed by atoms with van der Waals surface area (Å²) in [6.45, 7) is 0. The average Bonchev–Trinajstić information content (AvgIpc) is 1.67. The second-order valence-electron chi connectivity index (χ2n) is 0.766. The van der Waals surface area contributed by atoms with E-state index < -0.39 is 12.4 Å². The Hall–Kier alpha value is -0.780. The van der Waals surface area contributed by atoms with Crippen LogP contribution in [0.4, 0.5) is 13.3 Å². The Kier molecular flexibility index (Phi) is 2.93. The van der Waals surface area contributed by atoms with Crippen molar-refractivity contribution in [3.05, 3.63) is 0 Å². The largest absolute Gasteiger partial charge is 0.411 e. The van der Waals surface area contributed by atoms with Gasteiger partial charge in [-0.25, -0.2) is 4.79 Å². The van der Waals surface area contributed by atoms with Gasteiger partial charge in [-0.1, -0.05) is 0 Å². The number of hydrogen-bond acceptors (Lipinski definition) is 3. The first kappa shape index (κ1) is 7.22. The van der Waals surface area contributed by atoms with Gasteiger partial charge in [0.2, 0.25) is 0 Å². The van der Waals surface area contributed by atoms with Gasteiger partial charge in [0.1, 0.15) is 0 Å². The molecule has 0 aromatic carbocycles. The SMILES string of the molecule is O=C(OOF)C(F)F. The second kappa shape index (κ2) is 3.25. The summed E-state index contributed by atoms with van der Waals surface area (Å²) in [5, 5.41) is 2.14. The molecule has 0 N–H and O–H groups in total. The fourth-order valence-electron chi connectivity index (χ4n) is 0.0674. The van der Waals surface area contributed by atoms with Crippen LogP contribution < -0.4 is 0 Å². The molecule has 48 valence electrons. The lowest BCUT2D eigenvalue weighted by molar-refractivity contribution is -0.402. The van der Waals surface area contributed by atoms with E-state index in [1.807, 2.05) is 0 Å². The lowest BCUT2D eigenvalue weighted by Gasteiger charge is -1.90. The van der Waals surface area contributed by atoms with E-state index in [2.05, 4.69) is 9.98 Å². The van der Waals surface area contributed by atoms with Crippen molar-refractivity contribution in [2.75, 3.05) is 0 Å². The van der Waals surface area contributed by atoms with E-state index in [4.69, 9.17) is 0 Å². The van der Waals surface area contributed by atoms with Gasteiger partial charge in [0.25, 0.3) is 0 Å². The predicted molar refractivity (Wildman–Crippen MR) is 14.3 cm³/mol. The normalized spacial score (nSPS) is 9.50. The topological polar surface area (TPSA) is 35.5 Å². The van der Waals surface area contributed by atoms with Crippen LogP contribution in [0.2, 0.25) is 0 Å². The zero-order valence-corrected chi connectivity index (χ0v) is 3.44. The van der Waals surface area contributed by atoms with Crippen LogP contribution in [0.15, 0.2) is 0 Å². The highest BCUT2D eigenvalue weighted by Gasteiger charge is 2.18. The molecule has 0 rings (SSSR count). The molecule has 0 aromatic rings. The van der Waals surface area contributed by atoms with E-state index in [0.29, 0.717) is 0 Å². The fraction of sp³-hybridized carbons (Fsp3) is 0.500. The zero-order chi connectivity index (χ0) is 6.57. The lowest BCUT2D eigenvalue weighted by Crippen LogP contribution is -2.12. The molecule has 0 bridgehead atoms. The third kappa shape index (κ3) is 2.40. The van der Waals surface area contributed by atoms with E-state index in [0.717, 1.165) is 0 Å². The van der Waals surface area contributed by atoms with Crippen LogP contribution in [-0.4, -0.2) is 12.4 Å². The lowest BCUT2D eigenvalue weighted by atomic mass is 10.7. The minimum absolute atomic E-state index is 2.05. The molecule has 0 aromatic heterocycles. The van der Waals surface area contributed by atoms with E-state index in [1.54, 1.807) is 0 Å². The molecule has 6 heteroatoms. The highest BCUT2D eigenvalue weighted by molar-refractivity contribution is 5.71. The predicted octanol–water partition coefficient (Wildman–Crippen LogP) is 0.611. The molecule has 3 nitrogen and oxygen atoms in total. The molecule has 0 fully saturated rings. The fourth-order valence-corrected chi connectivity index (χ4v) is 0.0674. The third-order valence-corrected chi connectivity index (χ3v) is 0.292. The van der Waals surface area contributed by atoms with Crippen molar-refractivity contribution in [1.29, 1.82) is 0 Å². The molecule has 0 unspecified atom stereocenters. The first-order chi connectivity index (χ1) is 3.68. The summed E-state index contributed by atoms with van der Waals surface area (Å²) in [5.41, 5.74) is 0. The first-order valence-electron chi connectivity index (χ1n) is 1.45. The molecule has 0 heterocycles. The molecule has 0 saturated heterocycles. The Balaban J connectivity index is 3.33. The minimum atomic E-state index is -3.36. The maximum atomic E-state index is 10.9. The number of halogens is 3. The van der Waals surface area contributed by atoms with Gasteiger partial charge in [0.05, 0.1) is 0 Å². The van der Waals surface area contributed by atoms with Crippen molar-refractivity contribution >= 4 is 5.97 Å². The molecular formula is C2HF3O3. The van der Waals surface area contributed by atoms with Gasteiger partial charge < -0.3 is 0 Å². The van der Waals surface area contributed by atoms with E-state index in [-0.39, 0.29) is 0 Å². The van der Waals surface area contributed by atoms with Gasteiger partial charge in [-0.05, 0) is 4.53 Å². The summed E-state index contributed by atoms with van der Waals surface area (Å²) < 4.78 is 32.1. The zero-order valence-electron chi connectivity index (χ0n) is 3.44. The molecule has 0 aliphatic rings. The number of carbonyl (C=O) groups is 1. The number of alkyl halides is 2. The van der Waals surface area contributed by atoms with Crippen LogP contribution in [0.1, 0.15) is 0 Å². The molecular weight excluding hydrogens is 129 g/mol. The van der Waals surface area contributed by atoms with Crippen LogP contribution in [0, 0.1) is 0 Å². The summed E-state index contributed by atoms with van der Waals surface area (Å²) >= 11 is 0. The Labute approximate surface area is 41.8 Å². The van der Waals surface area contributed by atoms with Crippen molar-refractivity contribution in [2.24, 2.45) is 0 Å². The van der Waals surface area contributed by atoms with Gasteiger partial charge in [0, 0.05) is 5.09 Å². The Morgan fingerprint density at radius 3 is 2.12 bits per heavy atom. The Morgan fingerprint density at radius 2 is 2.00 bits per heavy atom. The molecule has 0 atom stereocenters. The van der Waals surface area contributed by atoms with E-state index in [1.165, 1.54) is 0 Å². The van der Waals surface area contributed by atoms with Gasteiger partial charge in [0.15, 0.2) is 0 Å². The van der Waals surface area contributed by atoms with Crippen molar-refractivity contribution < 1.29 is 28.1 Å². The van der Waals surface area contributed by atoms with Crippen molar-refractivity contribution in [2.45, 2.75) is 6.43 Å². The van der Waals surface area contributed by atoms with Crippen LogP contribution in [0.25, 0.3) is 0 Å². The summed E-state index contributed by atoms with van der Waals surface area (Å²) in [7, 11) is 0. The van der Waals surface area contributed by atoms with Crippen molar-refractivity contribution in [3.63, 3.8) is 0 Å². The molecule has 0 aliphatic carbocycles. The van der Waals surface area contributed by atoms with E-state index >= 15 is 0 Å². The number of hydrogen-bond donors (Lipinski definition) is 0. The molecule has 0 aliphatic heterocycles. The maximum Gasteiger partial charge on any atom is 0.411 e. The Morgan fingerprint density at radius 1 is 1.50 bits per heavy atom. The smallest absolute Gasteiger partial charge is 0.258 e. The summed E-state index contributed by atoms with van der Waals surface area (Å²) in [5.74, 6) is -2.05. The van der Waals surface area contributed by atoms with E-state index in [9.17, 15) is 18.1 Å². The average molecular weight is 130 g/mol. The quantitative estimate of drug-likeness (QED) is 0.405. The summed E-state index contributed by atoms with van der Waals surface area (Å²) in [6.07, 6.45) is -3.36. The molecule has 0 saturated carbocycles. The first-order valence-corrected chi connectivity index (χ1v) is 1.45. The summed E-state index contributed by atoms with van der Waals surface area (Å²) in [4.78, 5) is 12.2. The molecule has 0 radical (unpaired) electrons. The maximum absolute atomic E-state index is 10.9. The third-order valence-electron chi connectivity index (χ3n) is 0.292. The molecule has 0 amide bonds. The van der Waals surface area contributed by atoms with Crippen molar-refractivity contribution in [1.82, 2.24) is 0 Å². The highest BCUT2D eigenvalue weighted by atomic mass is 19.3. The Bertz CT molecular complexity index is 82.6. The minimum Gasteiger partial charge on any atom is -0.258 e. The molecule has 0 spiro atoms. The van der Waals surface area contributed by atoms with Gasteiger partial charge in [-0.15, -0.1) is 0 Å². The standard InChI is InChI=1S/C2HF3O3/c3-1(4)2(6)7-8-5/h1H. The monoisotopic (exact) mass is 130 g/mol. The number of rotatable bonds is 2. The van der Waals surface area contributed by atoms with Crippen LogP contribution in [0.3, 0.4) is 0 Å². The van der Waals surface area contributed by atoms with Crippen LogP contribution in [0.5, 0.6) is 0 Å². The van der Waals surface area contributed by atoms with Crippen LogP contribution >= 0.6 is 0 Å². The molecule has 8 heavy (non-hydrogen) atoms. The second-order valence-corrected chi connectivity index (χ2v) is 0.766. The van der Waals surface area contributed by atoms with Gasteiger partial charge >= 0.3 is 12.4 Å². The highest BCUT2D eigenvalue weighted by Crippen LogP contribution is 1.95. The number of carbonyl (C=O) groups excluding carboxylic acids is 1. The summed E-state index contributed by atoms with van der Waals surface area (Å²) in [6, 6.07) is 0. The van der Waals surface area contributed by atoms with Crippen LogP contribution in [-0.2, 0) is 14.8 Å².